The zero-order chi connectivity index (χ0) is 20.9. The molecule has 0 spiro atoms. The molecule has 2 fully saturated rings. The van der Waals surface area contributed by atoms with Crippen molar-refractivity contribution >= 4 is 29.9 Å². The van der Waals surface area contributed by atoms with Gasteiger partial charge in [-0.1, -0.05) is 0 Å². The quantitative estimate of drug-likeness (QED) is 0.189. The van der Waals surface area contributed by atoms with E-state index < -0.39 is 0 Å². The normalized spacial score (nSPS) is 19.2. The first-order valence-corrected chi connectivity index (χ1v) is 11.4. The van der Waals surface area contributed by atoms with Gasteiger partial charge in [0, 0.05) is 71.9 Å². The number of hydrogen-bond donors (Lipinski definition) is 2. The number of nitrogens with zero attached hydrogens (tertiary/aromatic N) is 3. The molecule has 3 heterocycles. The molecule has 0 bridgehead atoms. The monoisotopic (exact) mass is 549 g/mol. The van der Waals surface area contributed by atoms with E-state index >= 15 is 0 Å². The maximum atomic E-state index is 5.44. The van der Waals surface area contributed by atoms with E-state index in [0.29, 0.717) is 6.04 Å². The topological polar surface area (TPSA) is 74.5 Å². The Morgan fingerprint density at radius 3 is 2.65 bits per heavy atom. The number of methoxy groups -OCH3 is 1. The summed E-state index contributed by atoms with van der Waals surface area (Å²) in [6.07, 6.45) is 5.93. The molecule has 3 rings (SSSR count). The summed E-state index contributed by atoms with van der Waals surface area (Å²) in [5, 5.41) is 7.17. The highest BCUT2D eigenvalue weighted by atomic mass is 127. The van der Waals surface area contributed by atoms with Crippen LogP contribution in [0.4, 0.5) is 0 Å². The van der Waals surface area contributed by atoms with Crippen molar-refractivity contribution < 1.29 is 13.9 Å². The summed E-state index contributed by atoms with van der Waals surface area (Å²) in [6.45, 7) is 10.6. The summed E-state index contributed by atoms with van der Waals surface area (Å²) >= 11 is 0. The summed E-state index contributed by atoms with van der Waals surface area (Å²) in [6, 6.07) is 4.42. The third kappa shape index (κ3) is 10.5. The molecule has 0 amide bonds. The first-order valence-electron chi connectivity index (χ1n) is 11.4. The molecule has 0 unspecified atom stereocenters. The van der Waals surface area contributed by atoms with Crippen LogP contribution in [0, 0.1) is 0 Å². The van der Waals surface area contributed by atoms with E-state index in [0.717, 1.165) is 110 Å². The summed E-state index contributed by atoms with van der Waals surface area (Å²) in [5.74, 6) is 1.93. The van der Waals surface area contributed by atoms with Crippen molar-refractivity contribution in [2.75, 3.05) is 79.3 Å². The molecule has 9 heteroatoms. The summed E-state index contributed by atoms with van der Waals surface area (Å²) in [4.78, 5) is 9.80. The van der Waals surface area contributed by atoms with Crippen LogP contribution in [0.5, 0.6) is 0 Å². The number of guanidine groups is 1. The molecule has 0 aromatic carbocycles. The number of piperidine rings is 1. The Bertz CT molecular complexity index is 588. The SMILES string of the molecule is COCCN1CCC(NC(=NCCCN2CCOCC2)NCCc2ccco2)CC1.I. The molecule has 8 nitrogen and oxygen atoms in total. The zero-order valence-electron chi connectivity index (χ0n) is 18.9. The van der Waals surface area contributed by atoms with Gasteiger partial charge in [-0.2, -0.15) is 0 Å². The zero-order valence-corrected chi connectivity index (χ0v) is 21.2. The number of ether oxygens (including phenoxy) is 2. The van der Waals surface area contributed by atoms with E-state index in [2.05, 4.69) is 20.4 Å². The van der Waals surface area contributed by atoms with E-state index in [1.54, 1.807) is 13.4 Å². The van der Waals surface area contributed by atoms with Gasteiger partial charge in [-0.15, -0.1) is 24.0 Å². The minimum Gasteiger partial charge on any atom is -0.469 e. The number of morpholine rings is 1. The Morgan fingerprint density at radius 1 is 1.16 bits per heavy atom. The lowest BCUT2D eigenvalue weighted by Gasteiger charge is -2.33. The molecule has 31 heavy (non-hydrogen) atoms. The van der Waals surface area contributed by atoms with Crippen molar-refractivity contribution in [1.82, 2.24) is 20.4 Å². The lowest BCUT2D eigenvalue weighted by atomic mass is 10.1. The molecular weight excluding hydrogens is 509 g/mol. The fourth-order valence-electron chi connectivity index (χ4n) is 3.94. The van der Waals surface area contributed by atoms with Crippen molar-refractivity contribution in [3.05, 3.63) is 24.2 Å². The van der Waals surface area contributed by atoms with Crippen molar-refractivity contribution in [3.63, 3.8) is 0 Å². The molecule has 2 N–H and O–H groups in total. The van der Waals surface area contributed by atoms with E-state index in [-0.39, 0.29) is 24.0 Å². The highest BCUT2D eigenvalue weighted by molar-refractivity contribution is 14.0. The van der Waals surface area contributed by atoms with Crippen molar-refractivity contribution in [3.8, 4) is 0 Å². The number of likely N-dealkylation sites (tertiary alicyclic amines) is 1. The van der Waals surface area contributed by atoms with Crippen LogP contribution in [0.15, 0.2) is 27.8 Å². The molecule has 2 aliphatic heterocycles. The summed E-state index contributed by atoms with van der Waals surface area (Å²) < 4.78 is 16.1. The van der Waals surface area contributed by atoms with Crippen LogP contribution < -0.4 is 10.6 Å². The highest BCUT2D eigenvalue weighted by Crippen LogP contribution is 2.10. The first kappa shape index (κ1) is 26.4. The van der Waals surface area contributed by atoms with E-state index in [4.69, 9.17) is 18.9 Å². The molecule has 0 radical (unpaired) electrons. The fraction of sp³-hybridized carbons (Fsp3) is 0.773. The van der Waals surface area contributed by atoms with Crippen LogP contribution in [-0.2, 0) is 15.9 Å². The van der Waals surface area contributed by atoms with Crippen LogP contribution in [0.25, 0.3) is 0 Å². The molecule has 1 aromatic heterocycles. The molecular formula is C22H40IN5O3. The predicted molar refractivity (Wildman–Crippen MR) is 134 cm³/mol. The molecule has 2 aliphatic rings. The van der Waals surface area contributed by atoms with Gasteiger partial charge in [-0.05, 0) is 31.4 Å². The molecule has 1 aromatic rings. The maximum Gasteiger partial charge on any atom is 0.191 e. The molecule has 0 aliphatic carbocycles. The molecule has 0 atom stereocenters. The first-order chi connectivity index (χ1) is 14.8. The third-order valence-electron chi connectivity index (χ3n) is 5.79. The minimum atomic E-state index is 0. The van der Waals surface area contributed by atoms with Crippen LogP contribution in [0.2, 0.25) is 0 Å². The highest BCUT2D eigenvalue weighted by Gasteiger charge is 2.19. The number of halogens is 1. The smallest absolute Gasteiger partial charge is 0.191 e. The van der Waals surface area contributed by atoms with Crippen molar-refractivity contribution in [2.24, 2.45) is 4.99 Å². The summed E-state index contributed by atoms with van der Waals surface area (Å²) in [7, 11) is 1.77. The second kappa shape index (κ2) is 15.8. The Kier molecular flexibility index (Phi) is 13.5. The number of furan rings is 1. The molecule has 178 valence electrons. The Morgan fingerprint density at radius 2 is 1.94 bits per heavy atom. The van der Waals surface area contributed by atoms with Gasteiger partial charge in [-0.25, -0.2) is 0 Å². The van der Waals surface area contributed by atoms with Gasteiger partial charge in [0.05, 0.1) is 26.1 Å². The number of nitrogens with one attached hydrogen (secondary N) is 2. The van der Waals surface area contributed by atoms with Gasteiger partial charge in [0.2, 0.25) is 0 Å². The van der Waals surface area contributed by atoms with Gasteiger partial charge in [0.1, 0.15) is 5.76 Å². The second-order valence-electron chi connectivity index (χ2n) is 8.05. The largest absolute Gasteiger partial charge is 0.469 e. The fourth-order valence-corrected chi connectivity index (χ4v) is 3.94. The van der Waals surface area contributed by atoms with Crippen LogP contribution in [0.3, 0.4) is 0 Å². The Balaban J connectivity index is 0.00000341. The maximum absolute atomic E-state index is 5.44. The number of rotatable bonds is 11. The Hall–Kier alpha value is -0.880. The van der Waals surface area contributed by atoms with Gasteiger partial charge in [-0.3, -0.25) is 9.89 Å². The van der Waals surface area contributed by atoms with Gasteiger partial charge >= 0.3 is 0 Å². The average molecular weight is 549 g/mol. The van der Waals surface area contributed by atoms with Gasteiger partial charge in [0.15, 0.2) is 5.96 Å². The Labute approximate surface area is 204 Å². The lowest BCUT2D eigenvalue weighted by molar-refractivity contribution is 0.0377. The van der Waals surface area contributed by atoms with Gasteiger partial charge < -0.3 is 29.4 Å². The van der Waals surface area contributed by atoms with Gasteiger partial charge in [0.25, 0.3) is 0 Å². The average Bonchev–Trinajstić information content (AvgIpc) is 3.30. The number of hydrogen-bond acceptors (Lipinski definition) is 6. The third-order valence-corrected chi connectivity index (χ3v) is 5.79. The summed E-state index contributed by atoms with van der Waals surface area (Å²) in [5.41, 5.74) is 0. The van der Waals surface area contributed by atoms with Crippen LogP contribution in [0.1, 0.15) is 25.0 Å². The van der Waals surface area contributed by atoms with Crippen LogP contribution in [-0.4, -0.2) is 101 Å². The second-order valence-corrected chi connectivity index (χ2v) is 8.05. The minimum absolute atomic E-state index is 0. The molecule has 2 saturated heterocycles. The van der Waals surface area contributed by atoms with Crippen molar-refractivity contribution in [1.29, 1.82) is 0 Å². The van der Waals surface area contributed by atoms with Crippen LogP contribution >= 0.6 is 24.0 Å². The molecule has 0 saturated carbocycles. The van der Waals surface area contributed by atoms with Crippen molar-refractivity contribution in [2.45, 2.75) is 31.7 Å². The standard InChI is InChI=1S/C22H39N5O3.HI/c1-28-17-13-27-11-6-20(7-12-27)25-22(24-9-5-21-4-2-16-30-21)23-8-3-10-26-14-18-29-19-15-26;/h2,4,16,20H,3,5-15,17-19H2,1H3,(H2,23,24,25);1H. The van der Waals surface area contributed by atoms with E-state index in [1.807, 2.05) is 12.1 Å². The predicted octanol–water partition coefficient (Wildman–Crippen LogP) is 1.81. The lowest BCUT2D eigenvalue weighted by Crippen LogP contribution is -2.49. The van der Waals surface area contributed by atoms with E-state index in [9.17, 15) is 0 Å². The number of aliphatic imine (C=N–C) groups is 1. The van der Waals surface area contributed by atoms with E-state index in [1.165, 1.54) is 0 Å².